The standard InChI is InChI=1S/C21H14F2N2O2/c22-16-10-9-13(11-17(16)23)24-20(26)12-25-18-7-3-1-5-14(18)21(27)15-6-2-4-8-19(15)25/h1-11H,12H2,(H,24,26). The quantitative estimate of drug-likeness (QED) is 0.557. The molecule has 0 spiro atoms. The van der Waals surface area contributed by atoms with E-state index in [4.69, 9.17) is 0 Å². The number of nitrogens with one attached hydrogen (secondary N) is 1. The highest BCUT2D eigenvalue weighted by Gasteiger charge is 2.13. The highest BCUT2D eigenvalue weighted by Crippen LogP contribution is 2.19. The maximum Gasteiger partial charge on any atom is 0.244 e. The van der Waals surface area contributed by atoms with Crippen LogP contribution in [0.2, 0.25) is 0 Å². The number of benzene rings is 3. The molecule has 0 aliphatic rings. The molecular formula is C21H14F2N2O2. The summed E-state index contributed by atoms with van der Waals surface area (Å²) in [6, 6.07) is 17.3. The van der Waals surface area contributed by atoms with Crippen LogP contribution in [0.25, 0.3) is 21.8 Å². The Balaban J connectivity index is 1.78. The monoisotopic (exact) mass is 364 g/mol. The number of para-hydroxylation sites is 2. The Labute approximate surface area is 152 Å². The average Bonchev–Trinajstić information content (AvgIpc) is 2.68. The first kappa shape index (κ1) is 16.9. The number of carbonyl (C=O) groups excluding carboxylic acids is 1. The van der Waals surface area contributed by atoms with E-state index >= 15 is 0 Å². The van der Waals surface area contributed by atoms with Crippen molar-refractivity contribution >= 4 is 33.4 Å². The minimum Gasteiger partial charge on any atom is -0.331 e. The summed E-state index contributed by atoms with van der Waals surface area (Å²) in [6.07, 6.45) is 0. The maximum absolute atomic E-state index is 13.4. The number of hydrogen-bond donors (Lipinski definition) is 1. The van der Waals surface area contributed by atoms with Gasteiger partial charge in [0, 0.05) is 22.5 Å². The number of anilines is 1. The molecule has 27 heavy (non-hydrogen) atoms. The van der Waals surface area contributed by atoms with Gasteiger partial charge in [-0.3, -0.25) is 9.59 Å². The molecule has 4 aromatic rings. The van der Waals surface area contributed by atoms with Crippen molar-refractivity contribution in [2.75, 3.05) is 5.32 Å². The van der Waals surface area contributed by atoms with E-state index < -0.39 is 17.5 Å². The zero-order chi connectivity index (χ0) is 19.0. The van der Waals surface area contributed by atoms with Crippen LogP contribution in [0.3, 0.4) is 0 Å². The van der Waals surface area contributed by atoms with Crippen molar-refractivity contribution in [1.82, 2.24) is 4.57 Å². The Morgan fingerprint density at radius 3 is 2.04 bits per heavy atom. The van der Waals surface area contributed by atoms with Crippen LogP contribution < -0.4 is 10.7 Å². The SMILES string of the molecule is O=C(Cn1c2ccccc2c(=O)c2ccccc21)Nc1ccc(F)c(F)c1. The summed E-state index contributed by atoms with van der Waals surface area (Å²) in [6.45, 7) is -0.0830. The van der Waals surface area contributed by atoms with E-state index in [1.807, 2.05) is 0 Å². The smallest absolute Gasteiger partial charge is 0.244 e. The van der Waals surface area contributed by atoms with Gasteiger partial charge in [0.15, 0.2) is 17.1 Å². The number of amides is 1. The molecule has 0 fully saturated rings. The topological polar surface area (TPSA) is 51.1 Å². The van der Waals surface area contributed by atoms with E-state index in [9.17, 15) is 18.4 Å². The highest BCUT2D eigenvalue weighted by atomic mass is 19.2. The number of carbonyl (C=O) groups is 1. The van der Waals surface area contributed by atoms with E-state index in [0.717, 1.165) is 12.1 Å². The van der Waals surface area contributed by atoms with Gasteiger partial charge in [-0.15, -0.1) is 0 Å². The molecule has 1 aromatic heterocycles. The molecular weight excluding hydrogens is 350 g/mol. The first-order valence-electron chi connectivity index (χ1n) is 8.30. The second-order valence-electron chi connectivity index (χ2n) is 6.13. The molecule has 1 N–H and O–H groups in total. The summed E-state index contributed by atoms with van der Waals surface area (Å²) in [7, 11) is 0. The summed E-state index contributed by atoms with van der Waals surface area (Å²) in [5, 5.41) is 3.58. The van der Waals surface area contributed by atoms with E-state index in [2.05, 4.69) is 5.32 Å². The van der Waals surface area contributed by atoms with Gasteiger partial charge in [-0.05, 0) is 36.4 Å². The number of pyridine rings is 1. The third kappa shape index (κ3) is 3.06. The zero-order valence-corrected chi connectivity index (χ0v) is 14.1. The molecule has 0 atom stereocenters. The number of halogens is 2. The Hall–Kier alpha value is -3.54. The molecule has 0 aliphatic carbocycles. The van der Waals surface area contributed by atoms with Gasteiger partial charge in [0.2, 0.25) is 5.91 Å². The summed E-state index contributed by atoms with van der Waals surface area (Å²) in [5.74, 6) is -2.43. The maximum atomic E-state index is 13.4. The predicted molar refractivity (Wildman–Crippen MR) is 101 cm³/mol. The van der Waals surface area contributed by atoms with Crippen molar-refractivity contribution in [3.8, 4) is 0 Å². The number of rotatable bonds is 3. The summed E-state index contributed by atoms with van der Waals surface area (Å²) < 4.78 is 28.1. The van der Waals surface area contributed by atoms with Gasteiger partial charge >= 0.3 is 0 Å². The molecule has 0 bridgehead atoms. The van der Waals surface area contributed by atoms with Gasteiger partial charge in [-0.1, -0.05) is 24.3 Å². The molecule has 4 rings (SSSR count). The Kier molecular flexibility index (Phi) is 4.16. The molecule has 0 radical (unpaired) electrons. The fraction of sp³-hybridized carbons (Fsp3) is 0.0476. The van der Waals surface area contributed by atoms with Crippen molar-refractivity contribution in [1.29, 1.82) is 0 Å². The van der Waals surface area contributed by atoms with Gasteiger partial charge in [-0.25, -0.2) is 8.78 Å². The molecule has 0 aliphatic heterocycles. The van der Waals surface area contributed by atoms with Crippen LogP contribution in [0.5, 0.6) is 0 Å². The van der Waals surface area contributed by atoms with Gasteiger partial charge in [0.1, 0.15) is 6.54 Å². The van der Waals surface area contributed by atoms with Gasteiger partial charge in [-0.2, -0.15) is 0 Å². The lowest BCUT2D eigenvalue weighted by Crippen LogP contribution is -2.21. The van der Waals surface area contributed by atoms with E-state index in [1.165, 1.54) is 6.07 Å². The van der Waals surface area contributed by atoms with Crippen molar-refractivity contribution in [2.24, 2.45) is 0 Å². The first-order valence-corrected chi connectivity index (χ1v) is 8.30. The van der Waals surface area contributed by atoms with Crippen LogP contribution in [-0.2, 0) is 11.3 Å². The Bertz CT molecular complexity index is 1190. The molecule has 3 aromatic carbocycles. The minimum atomic E-state index is -1.04. The molecule has 1 amide bonds. The van der Waals surface area contributed by atoms with Crippen LogP contribution >= 0.6 is 0 Å². The Morgan fingerprint density at radius 2 is 1.44 bits per heavy atom. The van der Waals surface area contributed by atoms with E-state index in [0.29, 0.717) is 21.8 Å². The second kappa shape index (κ2) is 6.64. The third-order valence-corrected chi connectivity index (χ3v) is 4.38. The van der Waals surface area contributed by atoms with Crippen molar-refractivity contribution < 1.29 is 13.6 Å². The average molecular weight is 364 g/mol. The number of hydrogen-bond acceptors (Lipinski definition) is 2. The van der Waals surface area contributed by atoms with Crippen LogP contribution in [-0.4, -0.2) is 10.5 Å². The molecule has 6 heteroatoms. The van der Waals surface area contributed by atoms with E-state index in [-0.39, 0.29) is 17.7 Å². The van der Waals surface area contributed by atoms with Gasteiger partial charge in [0.05, 0.1) is 11.0 Å². The van der Waals surface area contributed by atoms with Gasteiger partial charge < -0.3 is 9.88 Å². The predicted octanol–water partition coefficient (Wildman–Crippen LogP) is 4.07. The molecule has 0 saturated carbocycles. The number of nitrogens with zero attached hydrogens (tertiary/aromatic N) is 1. The second-order valence-corrected chi connectivity index (χ2v) is 6.13. The lowest BCUT2D eigenvalue weighted by atomic mass is 10.1. The molecule has 134 valence electrons. The molecule has 0 unspecified atom stereocenters. The van der Waals surface area contributed by atoms with Crippen LogP contribution in [0.15, 0.2) is 71.5 Å². The zero-order valence-electron chi connectivity index (χ0n) is 14.1. The summed E-state index contributed by atoms with van der Waals surface area (Å²) >= 11 is 0. The lowest BCUT2D eigenvalue weighted by Gasteiger charge is -2.15. The van der Waals surface area contributed by atoms with Crippen LogP contribution in [0.1, 0.15) is 0 Å². The minimum absolute atomic E-state index is 0.0830. The molecule has 4 nitrogen and oxygen atoms in total. The number of fused-ring (bicyclic) bond motifs is 2. The highest BCUT2D eigenvalue weighted by molar-refractivity contribution is 5.97. The van der Waals surface area contributed by atoms with E-state index in [1.54, 1.807) is 53.1 Å². The largest absolute Gasteiger partial charge is 0.331 e. The number of aromatic nitrogens is 1. The lowest BCUT2D eigenvalue weighted by molar-refractivity contribution is -0.116. The van der Waals surface area contributed by atoms with Crippen molar-refractivity contribution in [2.45, 2.75) is 6.54 Å². The molecule has 0 saturated heterocycles. The van der Waals surface area contributed by atoms with Gasteiger partial charge in [0.25, 0.3) is 0 Å². The van der Waals surface area contributed by atoms with Crippen molar-refractivity contribution in [3.05, 3.63) is 88.6 Å². The molecule has 1 heterocycles. The van der Waals surface area contributed by atoms with Crippen LogP contribution in [0.4, 0.5) is 14.5 Å². The third-order valence-electron chi connectivity index (χ3n) is 4.38. The fourth-order valence-electron chi connectivity index (χ4n) is 3.17. The fourth-order valence-corrected chi connectivity index (χ4v) is 3.17. The van der Waals surface area contributed by atoms with Crippen LogP contribution in [0, 0.1) is 11.6 Å². The Morgan fingerprint density at radius 1 is 0.852 bits per heavy atom. The first-order chi connectivity index (χ1) is 13.0. The normalized spacial score (nSPS) is 11.0. The summed E-state index contributed by atoms with van der Waals surface area (Å²) in [5.41, 5.74) is 1.32. The summed E-state index contributed by atoms with van der Waals surface area (Å²) in [4.78, 5) is 25.2. The van der Waals surface area contributed by atoms with Crippen molar-refractivity contribution in [3.63, 3.8) is 0 Å².